The van der Waals surface area contributed by atoms with E-state index < -0.39 is 0 Å². The molecule has 0 aliphatic heterocycles. The van der Waals surface area contributed by atoms with Crippen molar-refractivity contribution in [1.29, 1.82) is 0 Å². The van der Waals surface area contributed by atoms with Crippen LogP contribution in [0.25, 0.3) is 21.8 Å². The summed E-state index contributed by atoms with van der Waals surface area (Å²) in [5, 5.41) is 0.976. The molecule has 4 heteroatoms. The minimum Gasteiger partial charge on any atom is -0.496 e. The second-order valence-corrected chi connectivity index (χ2v) is 6.28. The zero-order chi connectivity index (χ0) is 16.2. The molecule has 2 aromatic carbocycles. The number of rotatable bonds is 5. The molecule has 0 spiro atoms. The zero-order valence-corrected chi connectivity index (χ0v) is 14.3. The van der Waals surface area contributed by atoms with Crippen LogP contribution in [0.15, 0.2) is 48.5 Å². The Hall–Kier alpha value is -2.33. The van der Waals surface area contributed by atoms with E-state index in [1.165, 1.54) is 4.88 Å². The Morgan fingerprint density at radius 1 is 1.04 bits per heavy atom. The van der Waals surface area contributed by atoms with Crippen LogP contribution in [0.5, 0.6) is 11.5 Å². The fraction of sp³-hybridized carbons (Fsp3) is 0.211. The zero-order valence-electron chi connectivity index (χ0n) is 13.5. The molecule has 0 radical (unpaired) electrons. The van der Waals surface area contributed by atoms with Crippen molar-refractivity contribution in [1.82, 2.24) is 4.98 Å². The Labute approximate surface area is 140 Å². The topological polar surface area (TPSA) is 31.4 Å². The molecule has 118 valence electrons. The molecule has 0 N–H and O–H groups in total. The van der Waals surface area contributed by atoms with Crippen LogP contribution in [0, 0.1) is 6.92 Å². The number of methoxy groups -OCH3 is 1. The van der Waals surface area contributed by atoms with Crippen LogP contribution in [0.2, 0.25) is 0 Å². The molecule has 0 amide bonds. The summed E-state index contributed by atoms with van der Waals surface area (Å²) in [6, 6.07) is 16.1. The van der Waals surface area contributed by atoms with Crippen molar-refractivity contribution in [2.24, 2.45) is 0 Å². The van der Waals surface area contributed by atoms with Gasteiger partial charge in [0.15, 0.2) is 0 Å². The summed E-state index contributed by atoms with van der Waals surface area (Å²) in [6.07, 6.45) is 0. The second-order valence-electron chi connectivity index (χ2n) is 5.08. The average molecular weight is 325 g/mol. The number of benzene rings is 2. The minimum absolute atomic E-state index is 0.674. The lowest BCUT2D eigenvalue weighted by Gasteiger charge is -2.05. The molecular formula is C19H19NO2S. The van der Waals surface area contributed by atoms with Gasteiger partial charge in [-0.05, 0) is 50.2 Å². The molecule has 0 bridgehead atoms. The maximum atomic E-state index is 5.50. The normalized spacial score (nSPS) is 10.6. The largest absolute Gasteiger partial charge is 0.496 e. The van der Waals surface area contributed by atoms with Gasteiger partial charge in [-0.3, -0.25) is 0 Å². The number of hydrogen-bond acceptors (Lipinski definition) is 4. The molecule has 0 unspecified atom stereocenters. The lowest BCUT2D eigenvalue weighted by atomic mass is 10.1. The molecule has 0 aliphatic carbocycles. The van der Waals surface area contributed by atoms with Crippen molar-refractivity contribution < 1.29 is 9.47 Å². The van der Waals surface area contributed by atoms with Gasteiger partial charge < -0.3 is 9.47 Å². The first kappa shape index (κ1) is 15.6. The maximum Gasteiger partial charge on any atom is 0.129 e. The van der Waals surface area contributed by atoms with Crippen LogP contribution in [0.1, 0.15) is 11.8 Å². The first-order valence-corrected chi connectivity index (χ1v) is 8.38. The number of aryl methyl sites for hydroxylation is 1. The van der Waals surface area contributed by atoms with Crippen molar-refractivity contribution >= 4 is 11.3 Å². The van der Waals surface area contributed by atoms with E-state index in [4.69, 9.17) is 14.5 Å². The summed E-state index contributed by atoms with van der Waals surface area (Å²) in [7, 11) is 1.69. The molecule has 0 saturated carbocycles. The van der Waals surface area contributed by atoms with E-state index in [-0.39, 0.29) is 0 Å². The van der Waals surface area contributed by atoms with Crippen molar-refractivity contribution in [3.8, 4) is 33.3 Å². The molecule has 1 heterocycles. The van der Waals surface area contributed by atoms with Gasteiger partial charge >= 0.3 is 0 Å². The lowest BCUT2D eigenvalue weighted by molar-refractivity contribution is 0.340. The monoisotopic (exact) mass is 325 g/mol. The minimum atomic E-state index is 0.674. The molecule has 0 fully saturated rings. The van der Waals surface area contributed by atoms with Gasteiger partial charge in [0.05, 0.1) is 25.0 Å². The predicted molar refractivity (Wildman–Crippen MR) is 95.4 cm³/mol. The average Bonchev–Trinajstić information content (AvgIpc) is 2.97. The van der Waals surface area contributed by atoms with Crippen molar-refractivity contribution in [2.75, 3.05) is 13.7 Å². The quantitative estimate of drug-likeness (QED) is 0.646. The van der Waals surface area contributed by atoms with Gasteiger partial charge in [0.2, 0.25) is 0 Å². The molecule has 0 atom stereocenters. The van der Waals surface area contributed by atoms with E-state index in [2.05, 4.69) is 19.1 Å². The number of nitrogens with zero attached hydrogens (tertiary/aromatic N) is 1. The fourth-order valence-corrected chi connectivity index (χ4v) is 3.44. The highest BCUT2D eigenvalue weighted by molar-refractivity contribution is 7.15. The number of thiazole rings is 1. The fourth-order valence-electron chi connectivity index (χ4n) is 2.48. The van der Waals surface area contributed by atoms with Gasteiger partial charge in [0, 0.05) is 10.4 Å². The molecule has 3 rings (SSSR count). The number of para-hydroxylation sites is 1. The van der Waals surface area contributed by atoms with Gasteiger partial charge in [-0.1, -0.05) is 12.1 Å². The van der Waals surface area contributed by atoms with Crippen molar-refractivity contribution in [3.05, 3.63) is 53.4 Å². The summed E-state index contributed by atoms with van der Waals surface area (Å²) in [6.45, 7) is 4.76. The third-order valence-corrected chi connectivity index (χ3v) is 4.58. The van der Waals surface area contributed by atoms with E-state index in [1.807, 2.05) is 43.3 Å². The highest BCUT2D eigenvalue weighted by Gasteiger charge is 2.14. The molecule has 23 heavy (non-hydrogen) atoms. The van der Waals surface area contributed by atoms with Crippen LogP contribution in [-0.4, -0.2) is 18.7 Å². The van der Waals surface area contributed by atoms with Crippen LogP contribution >= 0.6 is 11.3 Å². The van der Waals surface area contributed by atoms with Crippen molar-refractivity contribution in [3.63, 3.8) is 0 Å². The van der Waals surface area contributed by atoms with Crippen LogP contribution in [0.3, 0.4) is 0 Å². The van der Waals surface area contributed by atoms with Crippen molar-refractivity contribution in [2.45, 2.75) is 13.8 Å². The highest BCUT2D eigenvalue weighted by atomic mass is 32.1. The molecule has 1 aromatic heterocycles. The summed E-state index contributed by atoms with van der Waals surface area (Å²) in [5.74, 6) is 1.73. The first-order chi connectivity index (χ1) is 11.2. The molecular weight excluding hydrogens is 306 g/mol. The Morgan fingerprint density at radius 2 is 1.78 bits per heavy atom. The van der Waals surface area contributed by atoms with E-state index in [9.17, 15) is 0 Å². The van der Waals surface area contributed by atoms with E-state index in [0.29, 0.717) is 6.61 Å². The molecule has 0 aliphatic rings. The SMILES string of the molecule is CCOc1ccc(-c2nc(-c3ccccc3OC)sc2C)cc1. The maximum absolute atomic E-state index is 5.50. The van der Waals surface area contributed by atoms with Crippen LogP contribution < -0.4 is 9.47 Å². The summed E-state index contributed by atoms with van der Waals surface area (Å²) >= 11 is 1.68. The highest BCUT2D eigenvalue weighted by Crippen LogP contribution is 2.37. The lowest BCUT2D eigenvalue weighted by Crippen LogP contribution is -1.91. The van der Waals surface area contributed by atoms with E-state index in [0.717, 1.165) is 33.3 Å². The number of hydrogen-bond donors (Lipinski definition) is 0. The third-order valence-electron chi connectivity index (χ3n) is 3.57. The Morgan fingerprint density at radius 3 is 2.48 bits per heavy atom. The first-order valence-electron chi connectivity index (χ1n) is 7.57. The number of ether oxygens (including phenoxy) is 2. The Kier molecular flexibility index (Phi) is 4.63. The number of aromatic nitrogens is 1. The summed E-state index contributed by atoms with van der Waals surface area (Å²) in [4.78, 5) is 6.02. The van der Waals surface area contributed by atoms with Gasteiger partial charge in [0.25, 0.3) is 0 Å². The molecule has 3 aromatic rings. The molecule has 0 saturated heterocycles. The Balaban J connectivity index is 1.98. The van der Waals surface area contributed by atoms with Gasteiger partial charge in [0.1, 0.15) is 16.5 Å². The van der Waals surface area contributed by atoms with Crippen LogP contribution in [-0.2, 0) is 0 Å². The predicted octanol–water partition coefficient (Wildman–Crippen LogP) is 5.19. The van der Waals surface area contributed by atoms with Gasteiger partial charge in [-0.2, -0.15) is 0 Å². The van der Waals surface area contributed by atoms with Gasteiger partial charge in [-0.25, -0.2) is 4.98 Å². The third kappa shape index (κ3) is 3.22. The standard InChI is InChI=1S/C19H19NO2S/c1-4-22-15-11-9-14(10-12-15)18-13(2)23-19(20-18)16-7-5-6-8-17(16)21-3/h5-12H,4H2,1-3H3. The van der Waals surface area contributed by atoms with E-state index in [1.54, 1.807) is 18.4 Å². The second kappa shape index (κ2) is 6.84. The molecule has 3 nitrogen and oxygen atoms in total. The van der Waals surface area contributed by atoms with E-state index >= 15 is 0 Å². The smallest absolute Gasteiger partial charge is 0.129 e. The van der Waals surface area contributed by atoms with Gasteiger partial charge in [-0.15, -0.1) is 11.3 Å². The Bertz CT molecular complexity index is 793. The summed E-state index contributed by atoms with van der Waals surface area (Å²) in [5.41, 5.74) is 3.14. The van der Waals surface area contributed by atoms with Crippen LogP contribution in [0.4, 0.5) is 0 Å². The summed E-state index contributed by atoms with van der Waals surface area (Å²) < 4.78 is 10.9.